The molecule has 30 heavy (non-hydrogen) atoms. The Morgan fingerprint density at radius 3 is 1.60 bits per heavy atom. The summed E-state index contributed by atoms with van der Waals surface area (Å²) in [5.41, 5.74) is 3.55. The Morgan fingerprint density at radius 2 is 1.17 bits per heavy atom. The van der Waals surface area contributed by atoms with E-state index >= 15 is 0 Å². The van der Waals surface area contributed by atoms with Gasteiger partial charge in [0.05, 0.1) is 6.07 Å². The first-order valence-electron chi connectivity index (χ1n) is 10.8. The zero-order valence-electron chi connectivity index (χ0n) is 17.2. The highest BCUT2D eigenvalue weighted by molar-refractivity contribution is 5.35. The van der Waals surface area contributed by atoms with E-state index in [9.17, 15) is 5.26 Å². The highest BCUT2D eigenvalue weighted by Gasteiger charge is 2.71. The van der Waals surface area contributed by atoms with Crippen molar-refractivity contribution in [1.29, 1.82) is 5.26 Å². The molecule has 0 bridgehead atoms. The van der Waals surface area contributed by atoms with Gasteiger partial charge in [0.1, 0.15) is 5.54 Å². The maximum atomic E-state index is 10.4. The quantitative estimate of drug-likeness (QED) is 0.582. The molecule has 1 saturated heterocycles. The minimum absolute atomic E-state index is 0.348. The van der Waals surface area contributed by atoms with Crippen LogP contribution in [-0.4, -0.2) is 28.4 Å². The lowest BCUT2D eigenvalue weighted by Crippen LogP contribution is -2.43. The average Bonchev–Trinajstić information content (AvgIpc) is 3.18. The van der Waals surface area contributed by atoms with Crippen molar-refractivity contribution in [3.63, 3.8) is 0 Å². The molecule has 1 saturated carbocycles. The summed E-state index contributed by atoms with van der Waals surface area (Å²) in [6, 6.07) is 34.6. The molecule has 3 heteroatoms. The topological polar surface area (TPSA) is 30.3 Å². The predicted molar refractivity (Wildman–Crippen MR) is 119 cm³/mol. The molecule has 2 fully saturated rings. The van der Waals surface area contributed by atoms with Crippen LogP contribution in [-0.2, 0) is 19.6 Å². The molecule has 0 N–H and O–H groups in total. The van der Waals surface area contributed by atoms with Crippen molar-refractivity contribution >= 4 is 0 Å². The van der Waals surface area contributed by atoms with Gasteiger partial charge >= 0.3 is 0 Å². The van der Waals surface area contributed by atoms with Crippen molar-refractivity contribution in [3.8, 4) is 6.07 Å². The predicted octanol–water partition coefficient (Wildman–Crippen LogP) is 4.71. The molecule has 1 aliphatic carbocycles. The number of nitriles is 1. The van der Waals surface area contributed by atoms with Gasteiger partial charge in [-0.05, 0) is 16.7 Å². The van der Waals surface area contributed by atoms with Crippen molar-refractivity contribution in [3.05, 3.63) is 108 Å². The molecule has 0 amide bonds. The van der Waals surface area contributed by atoms with Crippen LogP contribution in [0.1, 0.15) is 16.7 Å². The van der Waals surface area contributed by atoms with Crippen molar-refractivity contribution < 1.29 is 0 Å². The highest BCUT2D eigenvalue weighted by Crippen LogP contribution is 2.59. The number of fused-ring (bicyclic) bond motifs is 1. The largest absolute Gasteiger partial charge is 0.298 e. The van der Waals surface area contributed by atoms with Gasteiger partial charge in [0, 0.05) is 44.6 Å². The number of piperidine rings is 1. The molecule has 150 valence electrons. The maximum absolute atomic E-state index is 10.4. The van der Waals surface area contributed by atoms with Gasteiger partial charge < -0.3 is 0 Å². The summed E-state index contributed by atoms with van der Waals surface area (Å²) in [6.45, 7) is 4.62. The Bertz CT molecular complexity index is 957. The molecule has 0 spiro atoms. The lowest BCUT2D eigenvalue weighted by molar-refractivity contribution is 0.139. The third kappa shape index (κ3) is 3.54. The van der Waals surface area contributed by atoms with Gasteiger partial charge in [-0.1, -0.05) is 91.0 Å². The first kappa shape index (κ1) is 19.1. The monoisotopic (exact) mass is 393 g/mol. The summed E-state index contributed by atoms with van der Waals surface area (Å²) >= 11 is 0. The number of benzene rings is 3. The van der Waals surface area contributed by atoms with E-state index in [2.05, 4.69) is 107 Å². The van der Waals surface area contributed by atoms with Crippen LogP contribution >= 0.6 is 0 Å². The molecule has 5 rings (SSSR count). The fourth-order valence-corrected chi connectivity index (χ4v) is 5.29. The summed E-state index contributed by atoms with van der Waals surface area (Å²) in [4.78, 5) is 4.95. The zero-order valence-corrected chi connectivity index (χ0v) is 17.2. The maximum Gasteiger partial charge on any atom is 0.118 e. The van der Waals surface area contributed by atoms with E-state index in [0.717, 1.165) is 32.7 Å². The third-order valence-corrected chi connectivity index (χ3v) is 6.80. The van der Waals surface area contributed by atoms with E-state index in [1.807, 2.05) is 0 Å². The van der Waals surface area contributed by atoms with Crippen LogP contribution in [0.3, 0.4) is 0 Å². The van der Waals surface area contributed by atoms with E-state index in [1.165, 1.54) is 16.7 Å². The van der Waals surface area contributed by atoms with Gasteiger partial charge in [0.15, 0.2) is 0 Å². The normalized spacial score (nSPS) is 25.1. The van der Waals surface area contributed by atoms with Crippen LogP contribution in [0, 0.1) is 23.2 Å². The van der Waals surface area contributed by atoms with Crippen LogP contribution in [0.2, 0.25) is 0 Å². The second kappa shape index (κ2) is 8.07. The van der Waals surface area contributed by atoms with Crippen molar-refractivity contribution in [2.75, 3.05) is 13.1 Å². The molecule has 3 aromatic carbocycles. The van der Waals surface area contributed by atoms with E-state index < -0.39 is 0 Å². The summed E-state index contributed by atoms with van der Waals surface area (Å²) in [6.07, 6.45) is 0. The molecule has 3 aromatic rings. The van der Waals surface area contributed by atoms with E-state index in [4.69, 9.17) is 0 Å². The van der Waals surface area contributed by atoms with Crippen LogP contribution in [0.25, 0.3) is 0 Å². The van der Waals surface area contributed by atoms with Gasteiger partial charge in [-0.25, -0.2) is 0 Å². The third-order valence-electron chi connectivity index (χ3n) is 6.80. The molecule has 2 aliphatic rings. The standard InChI is InChI=1S/C27H27N3/c28-21-27(25-19-29(20-26(25)27)16-22-10-4-1-5-11-22)30(17-23-12-6-2-7-13-23)18-24-14-8-3-9-15-24/h1-15,25-26H,16-20H2/t25-,26+,27?. The SMILES string of the molecule is N#CC1(N(Cc2ccccc2)Cc2ccccc2)[C@@H]2CN(Cc3ccccc3)C[C@@H]21. The van der Waals surface area contributed by atoms with E-state index in [0.29, 0.717) is 11.8 Å². The Balaban J connectivity index is 1.35. The van der Waals surface area contributed by atoms with Crippen molar-refractivity contribution in [1.82, 2.24) is 9.80 Å². The first-order valence-corrected chi connectivity index (χ1v) is 10.8. The Hall–Kier alpha value is -2.93. The average molecular weight is 394 g/mol. The molecule has 1 heterocycles. The molecule has 1 aliphatic heterocycles. The number of hydrogen-bond donors (Lipinski definition) is 0. The Labute approximate surface area is 179 Å². The van der Waals surface area contributed by atoms with Gasteiger partial charge in [-0.15, -0.1) is 0 Å². The summed E-state index contributed by atoms with van der Waals surface area (Å²) < 4.78 is 0. The Morgan fingerprint density at radius 1 is 0.733 bits per heavy atom. The second-order valence-corrected chi connectivity index (χ2v) is 8.66. The van der Waals surface area contributed by atoms with Gasteiger partial charge in [-0.3, -0.25) is 9.80 Å². The first-order chi connectivity index (χ1) is 14.8. The van der Waals surface area contributed by atoms with Crippen LogP contribution in [0.15, 0.2) is 91.0 Å². The van der Waals surface area contributed by atoms with E-state index in [-0.39, 0.29) is 5.54 Å². The molecular formula is C27H27N3. The van der Waals surface area contributed by atoms with Crippen molar-refractivity contribution in [2.45, 2.75) is 25.2 Å². The smallest absolute Gasteiger partial charge is 0.118 e. The fraction of sp³-hybridized carbons (Fsp3) is 0.296. The Kier molecular flexibility index (Phi) is 5.12. The summed E-state index contributed by atoms with van der Waals surface area (Å²) in [7, 11) is 0. The van der Waals surface area contributed by atoms with Gasteiger partial charge in [-0.2, -0.15) is 5.26 Å². The number of nitrogens with zero attached hydrogens (tertiary/aromatic N) is 3. The molecule has 0 radical (unpaired) electrons. The molecule has 3 atom stereocenters. The lowest BCUT2D eigenvalue weighted by Gasteiger charge is -2.33. The van der Waals surface area contributed by atoms with Crippen LogP contribution in [0.5, 0.6) is 0 Å². The second-order valence-electron chi connectivity index (χ2n) is 8.66. The molecular weight excluding hydrogens is 366 g/mol. The fourth-order valence-electron chi connectivity index (χ4n) is 5.29. The summed E-state index contributed by atoms with van der Waals surface area (Å²) in [5, 5.41) is 10.4. The molecule has 0 aromatic heterocycles. The highest BCUT2D eigenvalue weighted by atomic mass is 15.3. The minimum Gasteiger partial charge on any atom is -0.298 e. The van der Waals surface area contributed by atoms with E-state index in [1.54, 1.807) is 0 Å². The molecule has 1 unspecified atom stereocenters. The van der Waals surface area contributed by atoms with Crippen molar-refractivity contribution in [2.24, 2.45) is 11.8 Å². The zero-order chi connectivity index (χ0) is 20.4. The van der Waals surface area contributed by atoms with Crippen LogP contribution < -0.4 is 0 Å². The molecule has 3 nitrogen and oxygen atoms in total. The van der Waals surface area contributed by atoms with Gasteiger partial charge in [0.25, 0.3) is 0 Å². The number of likely N-dealkylation sites (tertiary alicyclic amines) is 1. The minimum atomic E-state index is -0.348. The number of rotatable bonds is 7. The van der Waals surface area contributed by atoms with Gasteiger partial charge in [0.2, 0.25) is 0 Å². The lowest BCUT2D eigenvalue weighted by atomic mass is 10.1. The summed E-state index contributed by atoms with van der Waals surface area (Å²) in [5.74, 6) is 0.859. The number of hydrogen-bond acceptors (Lipinski definition) is 3. The van der Waals surface area contributed by atoms with Crippen LogP contribution in [0.4, 0.5) is 0 Å².